The van der Waals surface area contributed by atoms with E-state index >= 15 is 0 Å². The number of nitrogens with zero attached hydrogens (tertiary/aromatic N) is 4. The minimum absolute atomic E-state index is 0.0614. The second kappa shape index (κ2) is 9.95. The predicted octanol–water partition coefficient (Wildman–Crippen LogP) is 3.30. The fourth-order valence-corrected chi connectivity index (χ4v) is 3.41. The Morgan fingerprint density at radius 1 is 0.970 bits per heavy atom. The van der Waals surface area contributed by atoms with E-state index in [-0.39, 0.29) is 18.2 Å². The second-order valence-electron chi connectivity index (χ2n) is 7.66. The maximum absolute atomic E-state index is 12.5. The molecule has 1 heterocycles. The number of benzene rings is 3. The van der Waals surface area contributed by atoms with Gasteiger partial charge in [0.2, 0.25) is 0 Å². The molecule has 8 nitrogen and oxygen atoms in total. The second-order valence-corrected chi connectivity index (χ2v) is 7.66. The van der Waals surface area contributed by atoms with Gasteiger partial charge in [-0.25, -0.2) is 9.48 Å². The van der Waals surface area contributed by atoms with Crippen molar-refractivity contribution in [3.63, 3.8) is 0 Å². The van der Waals surface area contributed by atoms with Crippen LogP contribution in [0.4, 0.5) is 0 Å². The van der Waals surface area contributed by atoms with Gasteiger partial charge in [0.05, 0.1) is 19.9 Å². The predicted molar refractivity (Wildman–Crippen MR) is 123 cm³/mol. The number of aromatic nitrogens is 3. The van der Waals surface area contributed by atoms with Crippen molar-refractivity contribution in [3.05, 3.63) is 89.7 Å². The van der Waals surface area contributed by atoms with Crippen LogP contribution >= 0.6 is 0 Å². The number of hydrogen-bond acceptors (Lipinski definition) is 6. The Morgan fingerprint density at radius 3 is 2.52 bits per heavy atom. The summed E-state index contributed by atoms with van der Waals surface area (Å²) in [5.74, 6) is -0.199. The number of esters is 1. The summed E-state index contributed by atoms with van der Waals surface area (Å²) >= 11 is 0. The van der Waals surface area contributed by atoms with Crippen LogP contribution in [0.1, 0.15) is 21.6 Å². The Balaban J connectivity index is 1.30. The molecule has 4 rings (SSSR count). The van der Waals surface area contributed by atoms with Crippen molar-refractivity contribution in [3.8, 4) is 5.75 Å². The lowest BCUT2D eigenvalue weighted by Gasteiger charge is -2.17. The molecular weight excluding hydrogens is 420 g/mol. The van der Waals surface area contributed by atoms with Crippen LogP contribution in [0.3, 0.4) is 0 Å². The van der Waals surface area contributed by atoms with E-state index in [1.165, 1.54) is 11.1 Å². The van der Waals surface area contributed by atoms with Crippen molar-refractivity contribution in [2.24, 2.45) is 0 Å². The largest absolute Gasteiger partial charge is 0.497 e. The quantitative estimate of drug-likeness (QED) is 0.388. The summed E-state index contributed by atoms with van der Waals surface area (Å²) in [5.41, 5.74) is 2.07. The summed E-state index contributed by atoms with van der Waals surface area (Å²) in [6, 6.07) is 21.5. The molecule has 0 N–H and O–H groups in total. The third-order valence-corrected chi connectivity index (χ3v) is 5.22. The fourth-order valence-electron chi connectivity index (χ4n) is 3.41. The van der Waals surface area contributed by atoms with Crippen LogP contribution in [-0.4, -0.2) is 52.5 Å². The monoisotopic (exact) mass is 444 g/mol. The highest BCUT2D eigenvalue weighted by molar-refractivity contribution is 5.89. The van der Waals surface area contributed by atoms with Crippen LogP contribution in [0.2, 0.25) is 0 Å². The van der Waals surface area contributed by atoms with Crippen LogP contribution in [0, 0.1) is 0 Å². The van der Waals surface area contributed by atoms with Gasteiger partial charge in [-0.3, -0.25) is 4.79 Å². The van der Waals surface area contributed by atoms with Gasteiger partial charge in [0.1, 0.15) is 5.75 Å². The van der Waals surface area contributed by atoms with Gasteiger partial charge in [-0.1, -0.05) is 53.7 Å². The molecule has 0 bridgehead atoms. The molecule has 0 unspecified atom stereocenters. The standard InChI is InChI=1S/C25H24N4O4/c1-28(14-19-8-9-21-13-22(32-2)11-10-20(21)12-19)24(30)17-33-25(31)23-16-29(27-26-23)15-18-6-4-3-5-7-18/h3-13,16H,14-15,17H2,1-2H3. The van der Waals surface area contributed by atoms with Crippen LogP contribution in [-0.2, 0) is 22.6 Å². The van der Waals surface area contributed by atoms with Crippen LogP contribution in [0.25, 0.3) is 10.8 Å². The van der Waals surface area contributed by atoms with Gasteiger partial charge in [-0.2, -0.15) is 0 Å². The van der Waals surface area contributed by atoms with Crippen molar-refractivity contribution in [1.82, 2.24) is 19.9 Å². The Morgan fingerprint density at radius 2 is 1.73 bits per heavy atom. The van der Waals surface area contributed by atoms with Gasteiger partial charge in [0, 0.05) is 13.6 Å². The Bertz CT molecular complexity index is 1270. The number of methoxy groups -OCH3 is 1. The molecular formula is C25H24N4O4. The van der Waals surface area contributed by atoms with Crippen LogP contribution < -0.4 is 4.74 Å². The number of carbonyl (C=O) groups is 2. The van der Waals surface area contributed by atoms with Crippen LogP contribution in [0.5, 0.6) is 5.75 Å². The van der Waals surface area contributed by atoms with E-state index in [2.05, 4.69) is 10.3 Å². The number of likely N-dealkylation sites (N-methyl/N-ethyl adjacent to an activating group) is 1. The third-order valence-electron chi connectivity index (χ3n) is 5.22. The summed E-state index contributed by atoms with van der Waals surface area (Å²) in [6.45, 7) is 0.512. The maximum Gasteiger partial charge on any atom is 0.361 e. The summed E-state index contributed by atoms with van der Waals surface area (Å²) < 4.78 is 11.9. The average molecular weight is 444 g/mol. The number of rotatable bonds is 8. The van der Waals surface area contributed by atoms with E-state index < -0.39 is 5.97 Å². The third kappa shape index (κ3) is 5.54. The molecule has 8 heteroatoms. The zero-order valence-corrected chi connectivity index (χ0v) is 18.5. The molecule has 0 aliphatic carbocycles. The molecule has 4 aromatic rings. The number of carbonyl (C=O) groups excluding carboxylic acids is 2. The Hall–Kier alpha value is -4.20. The molecule has 33 heavy (non-hydrogen) atoms. The van der Waals surface area contributed by atoms with E-state index in [1.807, 2.05) is 66.7 Å². The van der Waals surface area contributed by atoms with Gasteiger partial charge in [-0.05, 0) is 40.1 Å². The number of hydrogen-bond donors (Lipinski definition) is 0. The average Bonchev–Trinajstić information content (AvgIpc) is 3.31. The lowest BCUT2D eigenvalue weighted by molar-refractivity contribution is -0.133. The molecule has 0 saturated carbocycles. The van der Waals surface area contributed by atoms with Crippen molar-refractivity contribution in [2.45, 2.75) is 13.1 Å². The Labute approximate surface area is 191 Å². The highest BCUT2D eigenvalue weighted by Crippen LogP contribution is 2.22. The van der Waals surface area contributed by atoms with E-state index in [0.29, 0.717) is 13.1 Å². The summed E-state index contributed by atoms with van der Waals surface area (Å²) in [4.78, 5) is 26.3. The molecule has 168 valence electrons. The lowest BCUT2D eigenvalue weighted by atomic mass is 10.1. The minimum atomic E-state index is -0.685. The molecule has 0 aliphatic heterocycles. The molecule has 0 spiro atoms. The first-order valence-electron chi connectivity index (χ1n) is 10.4. The van der Waals surface area contributed by atoms with Crippen molar-refractivity contribution in [1.29, 1.82) is 0 Å². The molecule has 0 fully saturated rings. The normalized spacial score (nSPS) is 10.7. The topological polar surface area (TPSA) is 86.5 Å². The molecule has 0 aliphatic rings. The van der Waals surface area contributed by atoms with E-state index in [0.717, 1.165) is 27.6 Å². The highest BCUT2D eigenvalue weighted by atomic mass is 16.5. The van der Waals surface area contributed by atoms with Gasteiger partial charge >= 0.3 is 5.97 Å². The molecule has 1 amide bonds. The molecule has 0 saturated heterocycles. The first kappa shape index (κ1) is 22.0. The van der Waals surface area contributed by atoms with Crippen molar-refractivity contribution >= 4 is 22.6 Å². The van der Waals surface area contributed by atoms with E-state index in [4.69, 9.17) is 9.47 Å². The number of amides is 1. The van der Waals surface area contributed by atoms with Gasteiger partial charge in [0.25, 0.3) is 5.91 Å². The smallest absolute Gasteiger partial charge is 0.361 e. The zero-order chi connectivity index (χ0) is 23.2. The molecule has 0 radical (unpaired) electrons. The Kier molecular flexibility index (Phi) is 6.64. The summed E-state index contributed by atoms with van der Waals surface area (Å²) in [6.07, 6.45) is 1.51. The first-order valence-corrected chi connectivity index (χ1v) is 10.4. The molecule has 0 atom stereocenters. The van der Waals surface area contributed by atoms with E-state index in [1.54, 1.807) is 18.8 Å². The summed E-state index contributed by atoms with van der Waals surface area (Å²) in [5, 5.41) is 9.91. The fraction of sp³-hybridized carbons (Fsp3) is 0.200. The highest BCUT2D eigenvalue weighted by Gasteiger charge is 2.17. The number of fused-ring (bicyclic) bond motifs is 1. The van der Waals surface area contributed by atoms with Gasteiger partial charge in [-0.15, -0.1) is 5.10 Å². The van der Waals surface area contributed by atoms with Crippen LogP contribution in [0.15, 0.2) is 72.9 Å². The first-order chi connectivity index (χ1) is 16.0. The number of ether oxygens (including phenoxy) is 2. The van der Waals surface area contributed by atoms with Crippen molar-refractivity contribution in [2.75, 3.05) is 20.8 Å². The molecule has 1 aromatic heterocycles. The lowest BCUT2D eigenvalue weighted by Crippen LogP contribution is -2.30. The maximum atomic E-state index is 12.5. The zero-order valence-electron chi connectivity index (χ0n) is 18.5. The minimum Gasteiger partial charge on any atom is -0.497 e. The van der Waals surface area contributed by atoms with Crippen molar-refractivity contribution < 1.29 is 19.1 Å². The van der Waals surface area contributed by atoms with Gasteiger partial charge < -0.3 is 14.4 Å². The molecule has 3 aromatic carbocycles. The van der Waals surface area contributed by atoms with Gasteiger partial charge in [0.15, 0.2) is 12.3 Å². The summed E-state index contributed by atoms with van der Waals surface area (Å²) in [7, 11) is 3.31. The SMILES string of the molecule is COc1ccc2cc(CN(C)C(=O)COC(=O)c3cn(Cc4ccccc4)nn3)ccc2c1. The van der Waals surface area contributed by atoms with E-state index in [9.17, 15) is 9.59 Å².